The summed E-state index contributed by atoms with van der Waals surface area (Å²) in [5, 5.41) is 21.8. The van der Waals surface area contributed by atoms with Crippen LogP contribution in [0.4, 0.5) is 14.5 Å². The number of guanidine groups is 1. The summed E-state index contributed by atoms with van der Waals surface area (Å²) >= 11 is 1.37. The Morgan fingerprint density at radius 2 is 2.00 bits per heavy atom. The van der Waals surface area contributed by atoms with E-state index in [0.717, 1.165) is 40.9 Å². The van der Waals surface area contributed by atoms with Crippen LogP contribution in [0.2, 0.25) is 0 Å². The Bertz CT molecular complexity index is 1210. The highest BCUT2D eigenvalue weighted by atomic mass is 32.1. The highest BCUT2D eigenvalue weighted by Crippen LogP contribution is 2.29. The summed E-state index contributed by atoms with van der Waals surface area (Å²) < 4.78 is 32.0. The van der Waals surface area contributed by atoms with Gasteiger partial charge in [-0.25, -0.2) is 4.68 Å². The van der Waals surface area contributed by atoms with Crippen molar-refractivity contribution in [1.29, 1.82) is 0 Å². The first-order valence-electron chi connectivity index (χ1n) is 9.40. The molecule has 1 aromatic carbocycles. The van der Waals surface area contributed by atoms with Gasteiger partial charge < -0.3 is 15.1 Å². The molecule has 31 heavy (non-hydrogen) atoms. The maximum atomic E-state index is 12.6. The third-order valence-corrected chi connectivity index (χ3v) is 5.53. The molecule has 3 aromatic heterocycles. The second-order valence-corrected chi connectivity index (χ2v) is 7.84. The minimum absolute atomic E-state index is 0.0818. The molecule has 0 amide bonds. The number of nitrogens with zero attached hydrogens (tertiary/aromatic N) is 6. The SMILES string of the molecule is FC(F)c1nnc(-c2ccc(Cn3cc(-c4ccc(NC5=NCCN5)cc4)nn3)s2)o1. The topological polar surface area (TPSA) is 106 Å². The fourth-order valence-electron chi connectivity index (χ4n) is 3.01. The van der Waals surface area contributed by atoms with E-state index in [2.05, 4.69) is 36.1 Å². The Morgan fingerprint density at radius 1 is 1.13 bits per heavy atom. The van der Waals surface area contributed by atoms with Crippen molar-refractivity contribution >= 4 is 23.0 Å². The number of aromatic nitrogens is 5. The average Bonchev–Trinajstić information content (AvgIpc) is 3.56. The van der Waals surface area contributed by atoms with Gasteiger partial charge in [0.25, 0.3) is 11.8 Å². The molecule has 2 N–H and O–H groups in total. The summed E-state index contributed by atoms with van der Waals surface area (Å²) in [5.74, 6) is 0.179. The Labute approximate surface area is 178 Å². The zero-order chi connectivity index (χ0) is 21.2. The maximum absolute atomic E-state index is 12.6. The molecule has 5 rings (SSSR count). The predicted octanol–water partition coefficient (Wildman–Crippen LogP) is 3.41. The van der Waals surface area contributed by atoms with E-state index in [1.807, 2.05) is 36.5 Å². The number of benzene rings is 1. The van der Waals surface area contributed by atoms with Crippen LogP contribution in [0.15, 0.2) is 52.0 Å². The van der Waals surface area contributed by atoms with Crippen LogP contribution < -0.4 is 10.6 Å². The summed E-state index contributed by atoms with van der Waals surface area (Å²) in [5.41, 5.74) is 2.62. The fourth-order valence-corrected chi connectivity index (χ4v) is 3.93. The van der Waals surface area contributed by atoms with Gasteiger partial charge in [-0.1, -0.05) is 17.3 Å². The molecule has 0 saturated heterocycles. The maximum Gasteiger partial charge on any atom is 0.314 e. The Morgan fingerprint density at radius 3 is 2.74 bits per heavy atom. The summed E-state index contributed by atoms with van der Waals surface area (Å²) in [6, 6.07) is 11.5. The average molecular weight is 442 g/mol. The quantitative estimate of drug-likeness (QED) is 0.471. The molecule has 4 heterocycles. The number of anilines is 1. The molecule has 158 valence electrons. The van der Waals surface area contributed by atoms with Gasteiger partial charge in [-0.3, -0.25) is 4.99 Å². The predicted molar refractivity (Wildman–Crippen MR) is 111 cm³/mol. The summed E-state index contributed by atoms with van der Waals surface area (Å²) in [6.07, 6.45) is -0.932. The number of nitrogens with one attached hydrogen (secondary N) is 2. The number of rotatable bonds is 6. The second kappa shape index (κ2) is 8.22. The lowest BCUT2D eigenvalue weighted by molar-refractivity contribution is 0.116. The van der Waals surface area contributed by atoms with Crippen molar-refractivity contribution in [3.63, 3.8) is 0 Å². The van der Waals surface area contributed by atoms with Crippen molar-refractivity contribution in [3.8, 4) is 22.0 Å². The minimum atomic E-state index is -2.78. The van der Waals surface area contributed by atoms with E-state index >= 15 is 0 Å². The largest absolute Gasteiger partial charge is 0.414 e. The van der Waals surface area contributed by atoms with Gasteiger partial charge >= 0.3 is 6.43 Å². The second-order valence-electron chi connectivity index (χ2n) is 6.67. The summed E-state index contributed by atoms with van der Waals surface area (Å²) in [7, 11) is 0. The molecule has 0 saturated carbocycles. The highest BCUT2D eigenvalue weighted by molar-refractivity contribution is 7.15. The van der Waals surface area contributed by atoms with Crippen molar-refractivity contribution in [2.45, 2.75) is 13.0 Å². The van der Waals surface area contributed by atoms with Crippen LogP contribution in [-0.4, -0.2) is 44.2 Å². The Kier molecular flexibility index (Phi) is 5.12. The number of hydrogen-bond donors (Lipinski definition) is 2. The van der Waals surface area contributed by atoms with Crippen LogP contribution in [0.3, 0.4) is 0 Å². The minimum Gasteiger partial charge on any atom is -0.414 e. The highest BCUT2D eigenvalue weighted by Gasteiger charge is 2.18. The molecule has 0 spiro atoms. The molecule has 0 radical (unpaired) electrons. The third-order valence-electron chi connectivity index (χ3n) is 4.47. The smallest absolute Gasteiger partial charge is 0.314 e. The van der Waals surface area contributed by atoms with Crippen LogP contribution >= 0.6 is 11.3 Å². The van der Waals surface area contributed by atoms with E-state index in [1.165, 1.54) is 11.3 Å². The number of alkyl halides is 2. The van der Waals surface area contributed by atoms with Crippen molar-refractivity contribution in [3.05, 3.63) is 53.4 Å². The molecule has 4 aromatic rings. The van der Waals surface area contributed by atoms with Crippen LogP contribution in [0.1, 0.15) is 17.2 Å². The lowest BCUT2D eigenvalue weighted by atomic mass is 10.1. The van der Waals surface area contributed by atoms with Gasteiger partial charge in [0.1, 0.15) is 5.69 Å². The molecule has 9 nitrogen and oxygen atoms in total. The standard InChI is InChI=1S/C19H16F2N8OS/c20-16(21)18-27-26-17(30-18)15-6-5-13(31-15)9-29-10-14(25-28-29)11-1-3-12(4-2-11)24-19-22-7-8-23-19/h1-6,10,16H,7-9H2,(H2,22,23,24). The monoisotopic (exact) mass is 442 g/mol. The molecule has 0 bridgehead atoms. The van der Waals surface area contributed by atoms with Gasteiger partial charge in [-0.2, -0.15) is 8.78 Å². The van der Waals surface area contributed by atoms with Gasteiger partial charge in [0, 0.05) is 22.7 Å². The molecule has 0 atom stereocenters. The van der Waals surface area contributed by atoms with Crippen molar-refractivity contribution in [1.82, 2.24) is 30.5 Å². The van der Waals surface area contributed by atoms with E-state index in [-0.39, 0.29) is 5.89 Å². The summed E-state index contributed by atoms with van der Waals surface area (Å²) in [4.78, 5) is 5.88. The number of hydrogen-bond acceptors (Lipinski definition) is 9. The van der Waals surface area contributed by atoms with Crippen LogP contribution in [0.5, 0.6) is 0 Å². The van der Waals surface area contributed by atoms with E-state index in [1.54, 1.807) is 10.7 Å². The molecule has 12 heteroatoms. The van der Waals surface area contributed by atoms with Crippen molar-refractivity contribution in [2.24, 2.45) is 4.99 Å². The van der Waals surface area contributed by atoms with Gasteiger partial charge in [0.05, 0.1) is 24.2 Å². The van der Waals surface area contributed by atoms with Gasteiger partial charge in [0.2, 0.25) is 0 Å². The number of thiophene rings is 1. The Balaban J connectivity index is 1.25. The van der Waals surface area contributed by atoms with Crippen LogP contribution in [0.25, 0.3) is 22.0 Å². The van der Waals surface area contributed by atoms with E-state index in [0.29, 0.717) is 11.4 Å². The third kappa shape index (κ3) is 4.28. The van der Waals surface area contributed by atoms with Gasteiger partial charge in [-0.15, -0.1) is 26.6 Å². The normalized spacial score (nSPS) is 13.5. The first-order valence-corrected chi connectivity index (χ1v) is 10.2. The zero-order valence-electron chi connectivity index (χ0n) is 16.0. The molecule has 0 fully saturated rings. The van der Waals surface area contributed by atoms with Crippen molar-refractivity contribution in [2.75, 3.05) is 18.4 Å². The van der Waals surface area contributed by atoms with Gasteiger partial charge in [0.15, 0.2) is 5.96 Å². The molecule has 1 aliphatic heterocycles. The lowest BCUT2D eigenvalue weighted by Gasteiger charge is -2.06. The van der Waals surface area contributed by atoms with E-state index in [4.69, 9.17) is 4.42 Å². The van der Waals surface area contributed by atoms with Crippen molar-refractivity contribution < 1.29 is 13.2 Å². The van der Waals surface area contributed by atoms with E-state index in [9.17, 15) is 8.78 Å². The molecule has 0 unspecified atom stereocenters. The first kappa shape index (κ1) is 19.3. The lowest BCUT2D eigenvalue weighted by Crippen LogP contribution is -2.26. The fraction of sp³-hybridized carbons (Fsp3) is 0.211. The van der Waals surface area contributed by atoms with E-state index < -0.39 is 12.3 Å². The molecular weight excluding hydrogens is 426 g/mol. The number of halogens is 2. The number of aliphatic imine (C=N–C) groups is 1. The first-order chi connectivity index (χ1) is 15.1. The van der Waals surface area contributed by atoms with Gasteiger partial charge in [-0.05, 0) is 24.3 Å². The van der Waals surface area contributed by atoms with Crippen LogP contribution in [0, 0.1) is 0 Å². The molecule has 0 aliphatic carbocycles. The zero-order valence-corrected chi connectivity index (χ0v) is 16.8. The van der Waals surface area contributed by atoms with Crippen LogP contribution in [-0.2, 0) is 6.54 Å². The summed E-state index contributed by atoms with van der Waals surface area (Å²) in [6.45, 7) is 2.11. The molecular formula is C19H16F2N8OS. The Hall–Kier alpha value is -3.67. The molecule has 1 aliphatic rings.